The van der Waals surface area contributed by atoms with Gasteiger partial charge in [-0.05, 0) is 55.8 Å². The number of aromatic nitrogens is 2. The van der Waals surface area contributed by atoms with Crippen LogP contribution in [-0.2, 0) is 21.4 Å². The van der Waals surface area contributed by atoms with Gasteiger partial charge in [0.05, 0.1) is 28.6 Å². The smallest absolute Gasteiger partial charge is 0.240 e. The van der Waals surface area contributed by atoms with Crippen molar-refractivity contribution < 1.29 is 17.6 Å². The molecule has 0 saturated carbocycles. The zero-order valence-electron chi connectivity index (χ0n) is 19.8. The number of anilines is 1. The van der Waals surface area contributed by atoms with Crippen molar-refractivity contribution in [1.82, 2.24) is 14.7 Å². The van der Waals surface area contributed by atoms with E-state index in [4.69, 9.17) is 4.42 Å². The third-order valence-electron chi connectivity index (χ3n) is 5.26. The molecule has 2 heterocycles. The van der Waals surface area contributed by atoms with Crippen LogP contribution in [0.5, 0.6) is 0 Å². The van der Waals surface area contributed by atoms with E-state index >= 15 is 0 Å². The highest BCUT2D eigenvalue weighted by Crippen LogP contribution is 2.28. The number of thioether (sulfide) groups is 1. The summed E-state index contributed by atoms with van der Waals surface area (Å²) in [5.41, 5.74) is 2.29. The molecule has 0 spiro atoms. The number of carbonyl (C=O) groups is 1. The normalized spacial score (nSPS) is 12.3. The van der Waals surface area contributed by atoms with Crippen molar-refractivity contribution in [3.63, 3.8) is 0 Å². The Morgan fingerprint density at radius 2 is 1.78 bits per heavy atom. The molecule has 2 aromatic carbocycles. The summed E-state index contributed by atoms with van der Waals surface area (Å²) < 4.78 is 32.7. The fourth-order valence-electron chi connectivity index (χ4n) is 3.43. The second-order valence-corrected chi connectivity index (χ2v) is 10.9. The van der Waals surface area contributed by atoms with E-state index in [0.29, 0.717) is 28.7 Å². The van der Waals surface area contributed by atoms with Gasteiger partial charge in [-0.2, -0.15) is 0 Å². The van der Waals surface area contributed by atoms with E-state index in [1.807, 2.05) is 50.2 Å². The molecule has 36 heavy (non-hydrogen) atoms. The number of nitrogens with one attached hydrogen (secondary N) is 2. The SMILES string of the molecule is CCC(Sc1cc(-c2ccccc2)nc(C)n1)C(=O)Nc1ccc(S(=O)(=O)NCc2ccco2)cc1. The predicted molar refractivity (Wildman–Crippen MR) is 140 cm³/mol. The summed E-state index contributed by atoms with van der Waals surface area (Å²) in [4.78, 5) is 22.1. The van der Waals surface area contributed by atoms with Crippen LogP contribution in [0.1, 0.15) is 24.9 Å². The molecular weight excluding hydrogens is 496 g/mol. The van der Waals surface area contributed by atoms with Gasteiger partial charge in [-0.1, -0.05) is 49.0 Å². The molecule has 1 amide bonds. The Labute approximate surface area is 214 Å². The molecule has 8 nitrogen and oxygen atoms in total. The summed E-state index contributed by atoms with van der Waals surface area (Å²) >= 11 is 1.37. The van der Waals surface area contributed by atoms with Gasteiger partial charge in [0.25, 0.3) is 0 Å². The van der Waals surface area contributed by atoms with E-state index < -0.39 is 10.0 Å². The number of nitrogens with zero attached hydrogens (tertiary/aromatic N) is 2. The molecule has 0 saturated heterocycles. The highest BCUT2D eigenvalue weighted by atomic mass is 32.2. The van der Waals surface area contributed by atoms with Crippen molar-refractivity contribution in [2.75, 3.05) is 5.32 Å². The van der Waals surface area contributed by atoms with Crippen molar-refractivity contribution in [2.24, 2.45) is 0 Å². The van der Waals surface area contributed by atoms with Crippen LogP contribution in [0.3, 0.4) is 0 Å². The Hall–Kier alpha value is -3.47. The summed E-state index contributed by atoms with van der Waals surface area (Å²) in [5, 5.41) is 3.20. The minimum Gasteiger partial charge on any atom is -0.468 e. The van der Waals surface area contributed by atoms with Crippen LogP contribution < -0.4 is 10.0 Å². The van der Waals surface area contributed by atoms with Crippen molar-refractivity contribution in [1.29, 1.82) is 0 Å². The molecule has 2 aromatic heterocycles. The lowest BCUT2D eigenvalue weighted by Gasteiger charge is -2.15. The second kappa shape index (κ2) is 11.5. The molecule has 1 atom stereocenters. The van der Waals surface area contributed by atoms with E-state index in [2.05, 4.69) is 20.0 Å². The van der Waals surface area contributed by atoms with E-state index in [-0.39, 0.29) is 22.6 Å². The largest absolute Gasteiger partial charge is 0.468 e. The Bertz CT molecular complexity index is 1410. The first-order valence-corrected chi connectivity index (χ1v) is 13.7. The molecule has 0 aliphatic heterocycles. The highest BCUT2D eigenvalue weighted by Gasteiger charge is 2.20. The van der Waals surface area contributed by atoms with Gasteiger partial charge < -0.3 is 9.73 Å². The number of furan rings is 1. The summed E-state index contributed by atoms with van der Waals surface area (Å²) in [5.74, 6) is 0.957. The summed E-state index contributed by atoms with van der Waals surface area (Å²) in [6.07, 6.45) is 2.07. The molecule has 10 heteroatoms. The first kappa shape index (κ1) is 25.6. The number of rotatable bonds is 10. The van der Waals surface area contributed by atoms with E-state index in [0.717, 1.165) is 11.3 Å². The number of amides is 1. The molecule has 0 aliphatic carbocycles. The average Bonchev–Trinajstić information content (AvgIpc) is 3.40. The minimum atomic E-state index is -3.72. The summed E-state index contributed by atoms with van der Waals surface area (Å²) in [6.45, 7) is 3.82. The van der Waals surface area contributed by atoms with Gasteiger partial charge >= 0.3 is 0 Å². The van der Waals surface area contributed by atoms with Crippen LogP contribution in [0.4, 0.5) is 5.69 Å². The fraction of sp³-hybridized carbons (Fsp3) is 0.192. The van der Waals surface area contributed by atoms with Crippen molar-refractivity contribution in [2.45, 2.75) is 42.0 Å². The maximum absolute atomic E-state index is 13.0. The Kier molecular flexibility index (Phi) is 8.19. The fourth-order valence-corrected chi connectivity index (χ4v) is 5.41. The lowest BCUT2D eigenvalue weighted by atomic mass is 10.1. The molecular formula is C26H26N4O4S2. The molecule has 0 fully saturated rings. The quantitative estimate of drug-likeness (QED) is 0.222. The van der Waals surface area contributed by atoms with Gasteiger partial charge in [-0.3, -0.25) is 4.79 Å². The molecule has 1 unspecified atom stereocenters. The van der Waals surface area contributed by atoms with Gasteiger partial charge in [-0.25, -0.2) is 23.1 Å². The maximum Gasteiger partial charge on any atom is 0.240 e. The Morgan fingerprint density at radius 3 is 2.44 bits per heavy atom. The van der Waals surface area contributed by atoms with Crippen molar-refractivity contribution in [3.05, 3.63) is 90.6 Å². The van der Waals surface area contributed by atoms with Crippen LogP contribution >= 0.6 is 11.8 Å². The molecule has 4 rings (SSSR count). The number of carbonyl (C=O) groups excluding carboxylic acids is 1. The highest BCUT2D eigenvalue weighted by molar-refractivity contribution is 8.00. The van der Waals surface area contributed by atoms with Crippen molar-refractivity contribution in [3.8, 4) is 11.3 Å². The van der Waals surface area contributed by atoms with Crippen LogP contribution in [-0.4, -0.2) is 29.5 Å². The van der Waals surface area contributed by atoms with Crippen LogP contribution in [0, 0.1) is 6.92 Å². The first-order chi connectivity index (χ1) is 17.3. The molecule has 2 N–H and O–H groups in total. The van der Waals surface area contributed by atoms with E-state index in [9.17, 15) is 13.2 Å². The molecule has 0 radical (unpaired) electrons. The number of hydrogen-bond donors (Lipinski definition) is 2. The van der Waals surface area contributed by atoms with Gasteiger partial charge in [0.15, 0.2) is 0 Å². The standard InChI is InChI=1S/C26H26N4O4S2/c1-3-24(35-25-16-23(28-18(2)29-25)19-8-5-4-6-9-19)26(31)30-20-11-13-22(14-12-20)36(32,33)27-17-21-10-7-15-34-21/h4-16,24,27H,3,17H2,1-2H3,(H,30,31). The topological polar surface area (TPSA) is 114 Å². The van der Waals surface area contributed by atoms with E-state index in [1.54, 1.807) is 24.3 Å². The monoisotopic (exact) mass is 522 g/mol. The van der Waals surface area contributed by atoms with Gasteiger partial charge in [0, 0.05) is 11.3 Å². The molecule has 0 aliphatic rings. The predicted octanol–water partition coefficient (Wildman–Crippen LogP) is 5.03. The van der Waals surface area contributed by atoms with Gasteiger partial charge in [0.1, 0.15) is 16.6 Å². The molecule has 0 bridgehead atoms. The third-order valence-corrected chi connectivity index (χ3v) is 7.96. The zero-order chi connectivity index (χ0) is 25.5. The molecule has 4 aromatic rings. The maximum atomic E-state index is 13.0. The summed E-state index contributed by atoms with van der Waals surface area (Å²) in [7, 11) is -3.72. The molecule has 186 valence electrons. The Morgan fingerprint density at radius 1 is 1.03 bits per heavy atom. The second-order valence-electron chi connectivity index (χ2n) is 7.94. The third kappa shape index (κ3) is 6.60. The average molecular weight is 523 g/mol. The summed E-state index contributed by atoms with van der Waals surface area (Å²) in [6, 6.07) is 21.1. The zero-order valence-corrected chi connectivity index (χ0v) is 21.5. The van der Waals surface area contributed by atoms with E-state index in [1.165, 1.54) is 30.2 Å². The van der Waals surface area contributed by atoms with Crippen LogP contribution in [0.15, 0.2) is 93.4 Å². The van der Waals surface area contributed by atoms with Gasteiger partial charge in [-0.15, -0.1) is 0 Å². The Balaban J connectivity index is 1.41. The number of aryl methyl sites for hydroxylation is 1. The van der Waals surface area contributed by atoms with Crippen LogP contribution in [0.25, 0.3) is 11.3 Å². The van der Waals surface area contributed by atoms with Gasteiger partial charge in [0.2, 0.25) is 15.9 Å². The minimum absolute atomic E-state index is 0.0533. The van der Waals surface area contributed by atoms with Crippen molar-refractivity contribution >= 4 is 33.4 Å². The number of sulfonamides is 1. The lowest BCUT2D eigenvalue weighted by Crippen LogP contribution is -2.25. The lowest BCUT2D eigenvalue weighted by molar-refractivity contribution is -0.115. The number of benzene rings is 2. The van der Waals surface area contributed by atoms with Crippen LogP contribution in [0.2, 0.25) is 0 Å². The first-order valence-electron chi connectivity index (χ1n) is 11.3. The number of hydrogen-bond acceptors (Lipinski definition) is 7.